The Morgan fingerprint density at radius 2 is 0.800 bits per heavy atom. The Balaban J connectivity index is 2.64. The molecule has 6 unspecified atom stereocenters. The number of hydrogen-bond acceptors (Lipinski definition) is 11. The maximum absolute atomic E-state index is 13.1. The number of unbranched alkanes of at least 4 members (excludes halogenated alkanes) is 33. The number of ether oxygens (including phenoxy) is 5. The van der Waals surface area contributed by atoms with Crippen molar-refractivity contribution in [2.75, 3.05) is 13.2 Å². The Labute approximate surface area is 457 Å². The van der Waals surface area contributed by atoms with E-state index in [9.17, 15) is 34.5 Å². The van der Waals surface area contributed by atoms with Crippen molar-refractivity contribution in [2.45, 2.75) is 327 Å². The van der Waals surface area contributed by atoms with Crippen LogP contribution >= 0.6 is 0 Å². The minimum atomic E-state index is -1.90. The Hall–Kier alpha value is -3.06. The van der Waals surface area contributed by atoms with Crippen LogP contribution in [0, 0.1) is 0 Å². The number of aliphatic carboxylic acids is 1. The van der Waals surface area contributed by atoms with Crippen molar-refractivity contribution in [3.05, 3.63) is 36.5 Å². The highest BCUT2D eigenvalue weighted by Gasteiger charge is 2.50. The molecular weight excluding hydrogens is 949 g/mol. The van der Waals surface area contributed by atoms with E-state index in [4.69, 9.17) is 23.7 Å². The number of carboxylic acid groups (broad SMARTS) is 1. The van der Waals surface area contributed by atoms with Gasteiger partial charge in [-0.05, 0) is 77.0 Å². The Bertz CT molecular complexity index is 1450. The summed E-state index contributed by atoms with van der Waals surface area (Å²) in [5.41, 5.74) is 0. The first-order valence-corrected chi connectivity index (χ1v) is 31.0. The number of carbonyl (C=O) groups is 4. The summed E-state index contributed by atoms with van der Waals surface area (Å²) in [6, 6.07) is 0. The van der Waals surface area contributed by atoms with Crippen molar-refractivity contribution in [1.29, 1.82) is 0 Å². The summed E-state index contributed by atoms with van der Waals surface area (Å²) in [4.78, 5) is 51.1. The van der Waals surface area contributed by atoms with E-state index in [1.54, 1.807) is 0 Å². The van der Waals surface area contributed by atoms with E-state index in [0.29, 0.717) is 19.3 Å². The number of esters is 3. The molecule has 0 bridgehead atoms. The lowest BCUT2D eigenvalue weighted by atomic mass is 9.98. The van der Waals surface area contributed by atoms with E-state index in [1.165, 1.54) is 141 Å². The first kappa shape index (κ1) is 70.0. The lowest BCUT2D eigenvalue weighted by molar-refractivity contribution is -0.301. The first-order valence-electron chi connectivity index (χ1n) is 31.0. The van der Waals surface area contributed by atoms with E-state index < -0.39 is 67.3 Å². The molecule has 0 aliphatic carbocycles. The minimum Gasteiger partial charge on any atom is -0.479 e. The topological polar surface area (TPSA) is 175 Å². The largest absolute Gasteiger partial charge is 0.479 e. The fourth-order valence-corrected chi connectivity index (χ4v) is 9.39. The molecule has 1 aliphatic heterocycles. The summed E-state index contributed by atoms with van der Waals surface area (Å²) >= 11 is 0. The van der Waals surface area contributed by atoms with E-state index in [1.807, 2.05) is 0 Å². The molecule has 12 heteroatoms. The molecule has 0 aromatic carbocycles. The summed E-state index contributed by atoms with van der Waals surface area (Å²) in [5, 5.41) is 31.5. The molecule has 0 saturated carbocycles. The van der Waals surface area contributed by atoms with E-state index in [-0.39, 0.29) is 25.9 Å². The van der Waals surface area contributed by atoms with Crippen molar-refractivity contribution < 1.29 is 58.2 Å². The predicted octanol–water partition coefficient (Wildman–Crippen LogP) is 16.0. The molecule has 1 fully saturated rings. The molecule has 1 saturated heterocycles. The van der Waals surface area contributed by atoms with Gasteiger partial charge in [0.25, 0.3) is 0 Å². The second kappa shape index (κ2) is 51.7. The van der Waals surface area contributed by atoms with E-state index in [0.717, 1.165) is 89.9 Å². The molecule has 0 radical (unpaired) electrons. The number of rotatable bonds is 53. The van der Waals surface area contributed by atoms with Crippen LogP contribution in [0.1, 0.15) is 290 Å². The summed E-state index contributed by atoms with van der Waals surface area (Å²) in [5.74, 6) is -3.11. The van der Waals surface area contributed by atoms with Crippen LogP contribution in [0.15, 0.2) is 36.5 Å². The highest BCUT2D eigenvalue weighted by molar-refractivity contribution is 5.74. The fourth-order valence-electron chi connectivity index (χ4n) is 9.39. The molecule has 12 nitrogen and oxygen atoms in total. The van der Waals surface area contributed by atoms with Gasteiger partial charge in [-0.1, -0.05) is 231 Å². The molecule has 3 N–H and O–H groups in total. The van der Waals surface area contributed by atoms with Crippen molar-refractivity contribution in [3.63, 3.8) is 0 Å². The lowest BCUT2D eigenvalue weighted by Gasteiger charge is -2.40. The van der Waals surface area contributed by atoms with Gasteiger partial charge in [0.15, 0.2) is 24.6 Å². The smallest absolute Gasteiger partial charge is 0.335 e. The minimum absolute atomic E-state index is 0.0536. The zero-order valence-electron chi connectivity index (χ0n) is 48.1. The van der Waals surface area contributed by atoms with Crippen molar-refractivity contribution in [3.8, 4) is 0 Å². The maximum Gasteiger partial charge on any atom is 0.335 e. The van der Waals surface area contributed by atoms with Gasteiger partial charge in [-0.15, -0.1) is 0 Å². The van der Waals surface area contributed by atoms with Crippen LogP contribution in [0.2, 0.25) is 0 Å². The second-order valence-electron chi connectivity index (χ2n) is 21.3. The summed E-state index contributed by atoms with van der Waals surface area (Å²) in [6.07, 6.45) is 48.2. The van der Waals surface area contributed by atoms with Crippen LogP contribution in [-0.2, 0) is 42.9 Å². The number of carbonyl (C=O) groups excluding carboxylic acids is 3. The SMILES string of the molecule is CCCCC/C=C\C/C=C\CCCCCCCCCCCC(=O)OCC(COC1OC(C(=O)O)C(O)C(O)C1OC(=O)CCCCCCC/C=C\CCCCCCCC)OC(=O)CCCCCCCCCCCCC. The zero-order valence-corrected chi connectivity index (χ0v) is 48.1. The van der Waals surface area contributed by atoms with Gasteiger partial charge in [-0.3, -0.25) is 14.4 Å². The summed E-state index contributed by atoms with van der Waals surface area (Å²) < 4.78 is 28.5. The second-order valence-corrected chi connectivity index (χ2v) is 21.3. The molecule has 0 aromatic heterocycles. The van der Waals surface area contributed by atoms with Gasteiger partial charge in [0.1, 0.15) is 18.8 Å². The Morgan fingerprint density at radius 1 is 0.440 bits per heavy atom. The van der Waals surface area contributed by atoms with Crippen LogP contribution in [0.3, 0.4) is 0 Å². The molecule has 1 heterocycles. The van der Waals surface area contributed by atoms with Gasteiger partial charge < -0.3 is 39.0 Å². The molecule has 0 amide bonds. The molecule has 75 heavy (non-hydrogen) atoms. The maximum atomic E-state index is 13.1. The first-order chi connectivity index (χ1) is 36.6. The van der Waals surface area contributed by atoms with Crippen LogP contribution in [0.4, 0.5) is 0 Å². The molecular formula is C63H112O12. The van der Waals surface area contributed by atoms with Crippen LogP contribution < -0.4 is 0 Å². The molecule has 0 spiro atoms. The van der Waals surface area contributed by atoms with Gasteiger partial charge >= 0.3 is 23.9 Å². The average molecular weight is 1060 g/mol. The Morgan fingerprint density at radius 3 is 1.24 bits per heavy atom. The van der Waals surface area contributed by atoms with E-state index in [2.05, 4.69) is 57.2 Å². The highest BCUT2D eigenvalue weighted by atomic mass is 16.7. The normalized spacial score (nSPS) is 18.3. The quantitative estimate of drug-likeness (QED) is 0.0228. The van der Waals surface area contributed by atoms with Gasteiger partial charge in [0, 0.05) is 19.3 Å². The summed E-state index contributed by atoms with van der Waals surface area (Å²) in [6.45, 7) is 5.97. The predicted molar refractivity (Wildman–Crippen MR) is 303 cm³/mol. The third kappa shape index (κ3) is 41.7. The monoisotopic (exact) mass is 1060 g/mol. The summed E-state index contributed by atoms with van der Waals surface area (Å²) in [7, 11) is 0. The average Bonchev–Trinajstić information content (AvgIpc) is 3.39. The highest BCUT2D eigenvalue weighted by Crippen LogP contribution is 2.27. The number of allylic oxidation sites excluding steroid dienone is 6. The van der Waals surface area contributed by atoms with Gasteiger partial charge in [-0.2, -0.15) is 0 Å². The van der Waals surface area contributed by atoms with E-state index >= 15 is 0 Å². The van der Waals surface area contributed by atoms with Gasteiger partial charge in [0.05, 0.1) is 6.61 Å². The number of hydrogen-bond donors (Lipinski definition) is 3. The number of aliphatic hydroxyl groups is 2. The van der Waals surface area contributed by atoms with Crippen molar-refractivity contribution >= 4 is 23.9 Å². The zero-order chi connectivity index (χ0) is 54.7. The van der Waals surface area contributed by atoms with Gasteiger partial charge in [0.2, 0.25) is 0 Å². The van der Waals surface area contributed by atoms with Crippen molar-refractivity contribution in [2.24, 2.45) is 0 Å². The van der Waals surface area contributed by atoms with Gasteiger partial charge in [-0.25, -0.2) is 4.79 Å². The van der Waals surface area contributed by atoms with Crippen molar-refractivity contribution in [1.82, 2.24) is 0 Å². The van der Waals surface area contributed by atoms with Crippen LogP contribution in [0.25, 0.3) is 0 Å². The van der Waals surface area contributed by atoms with Crippen LogP contribution in [0.5, 0.6) is 0 Å². The third-order valence-corrected chi connectivity index (χ3v) is 14.2. The molecule has 6 atom stereocenters. The fraction of sp³-hybridized carbons (Fsp3) is 0.841. The molecule has 0 aromatic rings. The third-order valence-electron chi connectivity index (χ3n) is 14.2. The lowest BCUT2D eigenvalue weighted by Crippen LogP contribution is -2.61. The van der Waals surface area contributed by atoms with Crippen LogP contribution in [-0.4, -0.2) is 89.2 Å². The number of carboxylic acids is 1. The number of aliphatic hydroxyl groups excluding tert-OH is 2. The Kier molecular flexibility index (Phi) is 48.2. The molecule has 1 rings (SSSR count). The standard InChI is InChI=1S/C63H112O12/c1-4-7-10-13-16-19-22-24-26-27-28-29-31-32-35-37-40-43-46-49-55(64)71-52-54(73-56(65)50-47-44-41-38-34-21-18-15-12-9-6-3)53-72-63-61(59(68)58(67)60(75-63)62(69)70)74-57(66)51-48-45-42-39-36-33-30-25-23-20-17-14-11-8-5-2/h16,19,24-26,30,54,58-61,63,67-68H,4-15,17-18,20-23,27-29,31-53H2,1-3H3,(H,69,70)/b19-16-,26-24-,30-25-. The molecule has 436 valence electrons. The molecule has 1 aliphatic rings.